The Morgan fingerprint density at radius 1 is 1.24 bits per heavy atom. The molecule has 3 fully saturated rings. The Labute approximate surface area is 188 Å². The normalized spacial score (nSPS) is 22.7. The van der Waals surface area contributed by atoms with Crippen LogP contribution in [0.2, 0.25) is 0 Å². The number of rotatable bonds is 7. The van der Waals surface area contributed by atoms with E-state index in [2.05, 4.69) is 15.6 Å². The molecule has 1 spiro atoms. The van der Waals surface area contributed by atoms with Crippen LogP contribution in [-0.2, 0) is 11.2 Å². The van der Waals surface area contributed by atoms with E-state index in [4.69, 9.17) is 0 Å². The number of pyridine rings is 1. The molecule has 3 aliphatic rings. The summed E-state index contributed by atoms with van der Waals surface area (Å²) in [5.41, 5.74) is -1.88. The van der Waals surface area contributed by atoms with E-state index in [1.54, 1.807) is 0 Å². The van der Waals surface area contributed by atoms with Gasteiger partial charge in [0.2, 0.25) is 5.91 Å². The van der Waals surface area contributed by atoms with Gasteiger partial charge in [0.1, 0.15) is 11.6 Å². The van der Waals surface area contributed by atoms with Gasteiger partial charge in [0.05, 0.1) is 6.07 Å². The number of hydrogen-bond acceptors (Lipinski definition) is 4. The summed E-state index contributed by atoms with van der Waals surface area (Å²) < 4.78 is 56.8. The van der Waals surface area contributed by atoms with Gasteiger partial charge < -0.3 is 15.5 Å². The van der Waals surface area contributed by atoms with E-state index in [1.807, 2.05) is 6.07 Å². The number of halogens is 4. The van der Waals surface area contributed by atoms with E-state index >= 15 is 0 Å². The number of alkyl halides is 4. The van der Waals surface area contributed by atoms with Gasteiger partial charge >= 0.3 is 6.03 Å². The molecule has 1 saturated heterocycles. The minimum atomic E-state index is -3.34. The molecule has 1 aliphatic heterocycles. The summed E-state index contributed by atoms with van der Waals surface area (Å²) in [6.07, 6.45) is 1.97. The zero-order valence-electron chi connectivity index (χ0n) is 17.9. The molecular formula is C22H25F4N5O2. The highest BCUT2D eigenvalue weighted by atomic mass is 19.3. The van der Waals surface area contributed by atoms with Crippen LogP contribution in [0.1, 0.15) is 44.1 Å². The highest BCUT2D eigenvalue weighted by molar-refractivity contribution is 5.88. The number of hydrogen-bond donors (Lipinski definition) is 2. The number of carbonyl (C=O) groups excluding carboxylic acids is 2. The quantitative estimate of drug-likeness (QED) is 0.603. The topological polar surface area (TPSA) is 98.1 Å². The fourth-order valence-corrected chi connectivity index (χ4v) is 4.40. The van der Waals surface area contributed by atoms with Gasteiger partial charge in [0.25, 0.3) is 11.8 Å². The lowest BCUT2D eigenvalue weighted by Gasteiger charge is -2.34. The van der Waals surface area contributed by atoms with E-state index < -0.39 is 53.6 Å². The predicted molar refractivity (Wildman–Crippen MR) is 108 cm³/mol. The molecule has 178 valence electrons. The summed E-state index contributed by atoms with van der Waals surface area (Å²) in [5, 5.41) is 14.0. The predicted octanol–water partition coefficient (Wildman–Crippen LogP) is 3.02. The third-order valence-electron chi connectivity index (χ3n) is 6.85. The number of piperidine rings is 1. The number of nitriles is 1. The summed E-state index contributed by atoms with van der Waals surface area (Å²) in [6, 6.07) is 2.62. The number of carbonyl (C=O) groups is 2. The van der Waals surface area contributed by atoms with Crippen LogP contribution in [0.3, 0.4) is 0 Å². The van der Waals surface area contributed by atoms with E-state index in [0.717, 1.165) is 0 Å². The molecule has 7 nitrogen and oxygen atoms in total. The monoisotopic (exact) mass is 467 g/mol. The maximum atomic E-state index is 14.8. The molecule has 1 aromatic rings. The molecule has 1 atom stereocenters. The Morgan fingerprint density at radius 3 is 2.42 bits per heavy atom. The molecular weight excluding hydrogens is 442 g/mol. The zero-order valence-corrected chi connectivity index (χ0v) is 17.9. The molecule has 2 heterocycles. The highest BCUT2D eigenvalue weighted by Crippen LogP contribution is 2.65. The number of urea groups is 1. The van der Waals surface area contributed by atoms with Crippen LogP contribution in [0.4, 0.5) is 22.4 Å². The van der Waals surface area contributed by atoms with Gasteiger partial charge in [-0.25, -0.2) is 22.4 Å². The minimum Gasteiger partial charge on any atom is -0.336 e. The summed E-state index contributed by atoms with van der Waals surface area (Å²) >= 11 is 0. The summed E-state index contributed by atoms with van der Waals surface area (Å²) in [4.78, 5) is 30.6. The molecule has 33 heavy (non-hydrogen) atoms. The van der Waals surface area contributed by atoms with E-state index in [0.29, 0.717) is 12.8 Å². The SMILES string of the molecule is N#CC1(NC(=O)[C@H](CC(F)(F)Cc2cccnc2)NC(=O)N2CCC3(CC2)CC3(F)F)CC1. The standard InChI is InChI=1S/C22H25F4N5O2/c23-21(24,10-15-2-1-7-28-12-15)11-16(17(32)30-20(14-27)3-4-20)29-18(33)31-8-5-19(6-9-31)13-22(19,25)26/h1-2,7,12,16H,3-6,8-11,13H2,(H,29,33)(H,30,32)/t16-/m0/s1. The lowest BCUT2D eigenvalue weighted by molar-refractivity contribution is -0.126. The lowest BCUT2D eigenvalue weighted by atomic mass is 9.93. The number of nitrogens with zero attached hydrogens (tertiary/aromatic N) is 3. The number of aromatic nitrogens is 1. The van der Waals surface area contributed by atoms with Crippen molar-refractivity contribution in [2.45, 2.75) is 68.4 Å². The number of amides is 3. The summed E-state index contributed by atoms with van der Waals surface area (Å²) in [5.74, 6) is -6.93. The fraction of sp³-hybridized carbons (Fsp3) is 0.636. The van der Waals surface area contributed by atoms with Crippen molar-refractivity contribution in [3.8, 4) is 6.07 Å². The average molecular weight is 467 g/mol. The van der Waals surface area contributed by atoms with Gasteiger partial charge in [-0.3, -0.25) is 9.78 Å². The van der Waals surface area contributed by atoms with Crippen LogP contribution in [0, 0.1) is 16.7 Å². The van der Waals surface area contributed by atoms with Crippen molar-refractivity contribution in [3.05, 3.63) is 30.1 Å². The van der Waals surface area contributed by atoms with Crippen LogP contribution in [-0.4, -0.2) is 58.3 Å². The molecule has 2 aliphatic carbocycles. The first kappa shape index (κ1) is 23.3. The molecule has 0 aromatic carbocycles. The third-order valence-corrected chi connectivity index (χ3v) is 6.85. The van der Waals surface area contributed by atoms with Gasteiger partial charge in [-0.15, -0.1) is 0 Å². The molecule has 0 unspecified atom stereocenters. The Bertz CT molecular complexity index is 953. The first-order valence-corrected chi connectivity index (χ1v) is 10.9. The molecule has 1 aromatic heterocycles. The maximum absolute atomic E-state index is 14.8. The van der Waals surface area contributed by atoms with E-state index in [-0.39, 0.29) is 37.9 Å². The van der Waals surface area contributed by atoms with Crippen LogP contribution < -0.4 is 10.6 Å². The first-order valence-electron chi connectivity index (χ1n) is 10.9. The van der Waals surface area contributed by atoms with E-state index in [9.17, 15) is 32.4 Å². The van der Waals surface area contributed by atoms with Crippen molar-refractivity contribution in [3.63, 3.8) is 0 Å². The highest BCUT2D eigenvalue weighted by Gasteiger charge is 2.70. The van der Waals surface area contributed by atoms with Crippen LogP contribution in [0.5, 0.6) is 0 Å². The second-order valence-corrected chi connectivity index (χ2v) is 9.43. The molecule has 11 heteroatoms. The van der Waals surface area contributed by atoms with Gasteiger partial charge in [-0.1, -0.05) is 6.07 Å². The van der Waals surface area contributed by atoms with Crippen molar-refractivity contribution in [2.75, 3.05) is 13.1 Å². The second kappa shape index (κ2) is 8.15. The molecule has 0 bridgehead atoms. The van der Waals surface area contributed by atoms with Crippen LogP contribution in [0.25, 0.3) is 0 Å². The molecule has 0 radical (unpaired) electrons. The molecule has 2 saturated carbocycles. The van der Waals surface area contributed by atoms with Crippen molar-refractivity contribution < 1.29 is 27.2 Å². The fourth-order valence-electron chi connectivity index (χ4n) is 4.40. The minimum absolute atomic E-state index is 0.0595. The van der Waals surface area contributed by atoms with Crippen molar-refractivity contribution in [2.24, 2.45) is 5.41 Å². The molecule has 2 N–H and O–H groups in total. The number of nitrogens with one attached hydrogen (secondary N) is 2. The summed E-state index contributed by atoms with van der Waals surface area (Å²) in [7, 11) is 0. The Hall–Kier alpha value is -2.90. The van der Waals surface area contributed by atoms with Crippen LogP contribution >= 0.6 is 0 Å². The smallest absolute Gasteiger partial charge is 0.318 e. The van der Waals surface area contributed by atoms with Gasteiger partial charge in [-0.2, -0.15) is 5.26 Å². The molecule has 4 rings (SSSR count). The molecule has 3 amide bonds. The van der Waals surface area contributed by atoms with Gasteiger partial charge in [-0.05, 0) is 37.3 Å². The lowest BCUT2D eigenvalue weighted by Crippen LogP contribution is -2.56. The number of likely N-dealkylation sites (tertiary alicyclic amines) is 1. The Kier molecular flexibility index (Phi) is 5.75. The zero-order chi connectivity index (χ0) is 23.9. The summed E-state index contributed by atoms with van der Waals surface area (Å²) in [6.45, 7) is 0.119. The van der Waals surface area contributed by atoms with Crippen molar-refractivity contribution in [1.29, 1.82) is 5.26 Å². The second-order valence-electron chi connectivity index (χ2n) is 9.43. The maximum Gasteiger partial charge on any atom is 0.318 e. The van der Waals surface area contributed by atoms with Gasteiger partial charge in [0, 0.05) is 50.2 Å². The first-order chi connectivity index (χ1) is 15.5. The largest absolute Gasteiger partial charge is 0.336 e. The van der Waals surface area contributed by atoms with Crippen molar-refractivity contribution in [1.82, 2.24) is 20.5 Å². The third kappa shape index (κ3) is 5.04. The van der Waals surface area contributed by atoms with Crippen molar-refractivity contribution >= 4 is 11.9 Å². The average Bonchev–Trinajstić information content (AvgIpc) is 3.64. The van der Waals surface area contributed by atoms with E-state index in [1.165, 1.54) is 29.4 Å². The van der Waals surface area contributed by atoms with Gasteiger partial charge in [0.15, 0.2) is 0 Å². The van der Waals surface area contributed by atoms with Crippen LogP contribution in [0.15, 0.2) is 24.5 Å². The Morgan fingerprint density at radius 2 is 1.91 bits per heavy atom. The Balaban J connectivity index is 1.41.